The fraction of sp³-hybridized carbons (Fsp3) is 0.483. The number of aryl methyl sites for hydroxylation is 2. The highest BCUT2D eigenvalue weighted by Crippen LogP contribution is 2.44. The lowest BCUT2D eigenvalue weighted by molar-refractivity contribution is -0.140. The summed E-state index contributed by atoms with van der Waals surface area (Å²) in [4.78, 5) is 17.9. The number of carbonyl (C=O) groups excluding carboxylic acids is 1. The Morgan fingerprint density at radius 3 is 2.53 bits per heavy atom. The second-order valence-electron chi connectivity index (χ2n) is 9.94. The molecular weight excluding hydrogens is 422 g/mol. The van der Waals surface area contributed by atoms with Crippen molar-refractivity contribution in [2.45, 2.75) is 65.5 Å². The molecule has 5 nitrogen and oxygen atoms in total. The number of rotatable bonds is 11. The molecule has 3 atom stereocenters. The molecule has 0 aliphatic heterocycles. The second-order valence-corrected chi connectivity index (χ2v) is 9.94. The molecule has 0 unspecified atom stereocenters. The van der Waals surface area contributed by atoms with Crippen LogP contribution in [0.1, 0.15) is 56.2 Å². The number of hydrogen-bond acceptors (Lipinski definition) is 4. The van der Waals surface area contributed by atoms with Gasteiger partial charge in [-0.1, -0.05) is 68.4 Å². The average Bonchev–Trinajstić information content (AvgIpc) is 3.39. The van der Waals surface area contributed by atoms with Gasteiger partial charge in [-0.3, -0.25) is 9.48 Å². The van der Waals surface area contributed by atoms with Gasteiger partial charge in [0.05, 0.1) is 13.2 Å². The Hall–Kier alpha value is -2.79. The van der Waals surface area contributed by atoms with Crippen LogP contribution in [0.3, 0.4) is 0 Å². The van der Waals surface area contributed by atoms with Gasteiger partial charge in [-0.2, -0.15) is 5.10 Å². The van der Waals surface area contributed by atoms with Crippen LogP contribution < -0.4 is 0 Å². The summed E-state index contributed by atoms with van der Waals surface area (Å²) in [6, 6.07) is 19.1. The fourth-order valence-corrected chi connectivity index (χ4v) is 5.20. The molecule has 1 aliphatic carbocycles. The first-order valence-electron chi connectivity index (χ1n) is 12.6. The number of benzene rings is 2. The Morgan fingerprint density at radius 2 is 1.82 bits per heavy atom. The zero-order chi connectivity index (χ0) is 23.8. The van der Waals surface area contributed by atoms with Gasteiger partial charge in [-0.25, -0.2) is 4.98 Å². The van der Waals surface area contributed by atoms with E-state index in [0.717, 1.165) is 38.5 Å². The molecule has 1 heterocycles. The van der Waals surface area contributed by atoms with E-state index in [2.05, 4.69) is 60.3 Å². The molecule has 5 heteroatoms. The Morgan fingerprint density at radius 1 is 1.06 bits per heavy atom. The van der Waals surface area contributed by atoms with Gasteiger partial charge < -0.3 is 4.74 Å². The molecule has 1 aromatic heterocycles. The van der Waals surface area contributed by atoms with E-state index in [9.17, 15) is 4.79 Å². The van der Waals surface area contributed by atoms with Gasteiger partial charge in [0.25, 0.3) is 0 Å². The highest BCUT2D eigenvalue weighted by molar-refractivity contribution is 5.87. The maximum absolute atomic E-state index is 13.8. The monoisotopic (exact) mass is 459 g/mol. The summed E-state index contributed by atoms with van der Waals surface area (Å²) in [6.07, 6.45) is 9.12. The van der Waals surface area contributed by atoms with Crippen LogP contribution in [0.4, 0.5) is 0 Å². The third kappa shape index (κ3) is 6.20. The molecule has 3 aromatic rings. The smallest absolute Gasteiger partial charge is 0.144 e. The molecule has 180 valence electrons. The predicted octanol–water partition coefficient (Wildman–Crippen LogP) is 5.68. The van der Waals surface area contributed by atoms with Crippen molar-refractivity contribution in [3.63, 3.8) is 0 Å². The van der Waals surface area contributed by atoms with Crippen molar-refractivity contribution in [3.05, 3.63) is 83.9 Å². The summed E-state index contributed by atoms with van der Waals surface area (Å²) < 4.78 is 7.77. The van der Waals surface area contributed by atoms with Gasteiger partial charge in [0, 0.05) is 17.9 Å². The zero-order valence-corrected chi connectivity index (χ0v) is 20.5. The van der Waals surface area contributed by atoms with E-state index >= 15 is 0 Å². The summed E-state index contributed by atoms with van der Waals surface area (Å²) in [7, 11) is 0. The van der Waals surface area contributed by atoms with Crippen LogP contribution in [0.2, 0.25) is 0 Å². The standard InChI is InChI=1S/C29H37N3O2/c1-3-23-9-11-24(12-10-23)13-14-26-15-16-29(2,17-18-34-20-25-7-5-4-6-8-25)28(33)27(26)19-32-22-30-21-31-32/h4-12,21-22,26-27H,3,13-20H2,1-2H3/t26-,27+,29+/m1/s1. The SMILES string of the molecule is CCc1ccc(CC[C@@H]2CC[C@@](C)(CCOCc3ccccc3)C(=O)[C@H]2Cn2cncn2)cc1. The lowest BCUT2D eigenvalue weighted by atomic mass is 9.63. The van der Waals surface area contributed by atoms with Crippen LogP contribution in [-0.4, -0.2) is 27.2 Å². The molecule has 0 spiro atoms. The Labute approximate surface area is 203 Å². The molecule has 0 radical (unpaired) electrons. The lowest BCUT2D eigenvalue weighted by Crippen LogP contribution is -2.44. The van der Waals surface area contributed by atoms with Crippen molar-refractivity contribution in [3.8, 4) is 0 Å². The maximum Gasteiger partial charge on any atom is 0.144 e. The molecule has 0 saturated heterocycles. The number of Topliss-reactive ketones (excluding diaryl/α,β-unsaturated/α-hetero) is 1. The van der Waals surface area contributed by atoms with Gasteiger partial charge in [-0.05, 0) is 61.1 Å². The molecule has 4 rings (SSSR count). The molecule has 0 amide bonds. The fourth-order valence-electron chi connectivity index (χ4n) is 5.20. The van der Waals surface area contributed by atoms with Crippen molar-refractivity contribution in [1.29, 1.82) is 0 Å². The molecule has 2 aromatic carbocycles. The van der Waals surface area contributed by atoms with Crippen molar-refractivity contribution in [2.24, 2.45) is 17.3 Å². The molecule has 0 N–H and O–H groups in total. The second kappa shape index (κ2) is 11.6. The third-order valence-electron chi connectivity index (χ3n) is 7.56. The van der Waals surface area contributed by atoms with Crippen LogP contribution in [0.25, 0.3) is 0 Å². The van der Waals surface area contributed by atoms with Gasteiger partial charge in [0.15, 0.2) is 0 Å². The first-order valence-corrected chi connectivity index (χ1v) is 12.6. The molecule has 0 bridgehead atoms. The number of ketones is 1. The van der Waals surface area contributed by atoms with Gasteiger partial charge in [0.1, 0.15) is 18.4 Å². The van der Waals surface area contributed by atoms with E-state index in [1.54, 1.807) is 12.7 Å². The molecule has 1 aliphatic rings. The lowest BCUT2D eigenvalue weighted by Gasteiger charge is -2.41. The van der Waals surface area contributed by atoms with Crippen LogP contribution in [0.15, 0.2) is 67.3 Å². The largest absolute Gasteiger partial charge is 0.377 e. The van der Waals surface area contributed by atoms with E-state index in [1.165, 1.54) is 16.7 Å². The molecule has 1 fully saturated rings. The third-order valence-corrected chi connectivity index (χ3v) is 7.56. The van der Waals surface area contributed by atoms with Crippen molar-refractivity contribution in [2.75, 3.05) is 6.61 Å². The summed E-state index contributed by atoms with van der Waals surface area (Å²) in [5.74, 6) is 0.689. The Bertz CT molecular complexity index is 1020. The summed E-state index contributed by atoms with van der Waals surface area (Å²) in [5.41, 5.74) is 3.54. The normalized spacial score (nSPS) is 22.7. The van der Waals surface area contributed by atoms with Crippen LogP contribution in [-0.2, 0) is 35.5 Å². The summed E-state index contributed by atoms with van der Waals surface area (Å²) in [6.45, 7) is 6.11. The minimum absolute atomic E-state index is 0.0375. The van der Waals surface area contributed by atoms with E-state index in [1.807, 2.05) is 22.9 Å². The van der Waals surface area contributed by atoms with Crippen LogP contribution in [0.5, 0.6) is 0 Å². The minimum atomic E-state index is -0.346. The van der Waals surface area contributed by atoms with E-state index in [4.69, 9.17) is 4.74 Å². The Kier molecular flexibility index (Phi) is 8.28. The van der Waals surface area contributed by atoms with Crippen molar-refractivity contribution < 1.29 is 9.53 Å². The van der Waals surface area contributed by atoms with E-state index < -0.39 is 0 Å². The van der Waals surface area contributed by atoms with Crippen LogP contribution >= 0.6 is 0 Å². The number of aromatic nitrogens is 3. The quantitative estimate of drug-likeness (QED) is 0.346. The van der Waals surface area contributed by atoms with Crippen LogP contribution in [0, 0.1) is 17.3 Å². The van der Waals surface area contributed by atoms with Crippen molar-refractivity contribution in [1.82, 2.24) is 14.8 Å². The highest BCUT2D eigenvalue weighted by Gasteiger charge is 2.45. The van der Waals surface area contributed by atoms with Gasteiger partial charge in [-0.15, -0.1) is 0 Å². The Balaban J connectivity index is 1.38. The first-order chi connectivity index (χ1) is 16.6. The minimum Gasteiger partial charge on any atom is -0.377 e. The number of hydrogen-bond donors (Lipinski definition) is 0. The summed E-state index contributed by atoms with van der Waals surface area (Å²) in [5, 5.41) is 4.30. The maximum atomic E-state index is 13.8. The van der Waals surface area contributed by atoms with Crippen molar-refractivity contribution >= 4 is 5.78 Å². The average molecular weight is 460 g/mol. The number of ether oxygens (including phenoxy) is 1. The molecular formula is C29H37N3O2. The number of nitrogens with zero attached hydrogens (tertiary/aromatic N) is 3. The van der Waals surface area contributed by atoms with E-state index in [-0.39, 0.29) is 11.3 Å². The molecule has 34 heavy (non-hydrogen) atoms. The first kappa shape index (κ1) is 24.3. The van der Waals surface area contributed by atoms with Gasteiger partial charge in [0.2, 0.25) is 0 Å². The van der Waals surface area contributed by atoms with Gasteiger partial charge >= 0.3 is 0 Å². The summed E-state index contributed by atoms with van der Waals surface area (Å²) >= 11 is 0. The highest BCUT2D eigenvalue weighted by atomic mass is 16.5. The molecule has 1 saturated carbocycles. The topological polar surface area (TPSA) is 57.0 Å². The van der Waals surface area contributed by atoms with E-state index in [0.29, 0.717) is 31.5 Å². The number of carbonyl (C=O) groups is 1. The predicted molar refractivity (Wildman–Crippen MR) is 134 cm³/mol. The zero-order valence-electron chi connectivity index (χ0n) is 20.5.